The third-order valence-corrected chi connectivity index (χ3v) is 4.23. The predicted molar refractivity (Wildman–Crippen MR) is 77.8 cm³/mol. The topological polar surface area (TPSA) is 67.4 Å². The molecule has 19 heavy (non-hydrogen) atoms. The Hall–Kier alpha value is -1.11. The van der Waals surface area contributed by atoms with Gasteiger partial charge in [0.1, 0.15) is 0 Å². The number of ether oxygens (including phenoxy) is 1. The lowest BCUT2D eigenvalue weighted by Crippen LogP contribution is -2.18. The van der Waals surface area contributed by atoms with Gasteiger partial charge in [0.25, 0.3) is 0 Å². The smallest absolute Gasteiger partial charge is 0.232 e. The van der Waals surface area contributed by atoms with Crippen molar-refractivity contribution in [1.29, 1.82) is 0 Å². The van der Waals surface area contributed by atoms with Crippen LogP contribution in [0.3, 0.4) is 0 Å². The van der Waals surface area contributed by atoms with Crippen LogP contribution in [0.5, 0.6) is 0 Å². The Morgan fingerprint density at radius 2 is 2.11 bits per heavy atom. The van der Waals surface area contributed by atoms with Gasteiger partial charge in [0.05, 0.1) is 5.75 Å². The largest absolute Gasteiger partial charge is 0.385 e. The molecule has 0 bridgehead atoms. The fourth-order valence-corrected chi connectivity index (χ4v) is 2.75. The highest BCUT2D eigenvalue weighted by molar-refractivity contribution is 7.92. The molecule has 0 amide bonds. The number of anilines is 1. The van der Waals surface area contributed by atoms with E-state index < -0.39 is 10.0 Å². The Balaban J connectivity index is 2.71. The second-order valence-corrected chi connectivity index (χ2v) is 6.24. The minimum atomic E-state index is -3.31. The second-order valence-electron chi connectivity index (χ2n) is 4.40. The molecule has 2 N–H and O–H groups in total. The molecular formula is C13H22N2O3S. The summed E-state index contributed by atoms with van der Waals surface area (Å²) in [5.41, 5.74) is 1.64. The summed E-state index contributed by atoms with van der Waals surface area (Å²) < 4.78 is 31.1. The first-order valence-corrected chi connectivity index (χ1v) is 7.90. The highest BCUT2D eigenvalue weighted by atomic mass is 32.2. The van der Waals surface area contributed by atoms with Crippen molar-refractivity contribution in [3.8, 4) is 0 Å². The minimum absolute atomic E-state index is 0.0622. The van der Waals surface area contributed by atoms with E-state index in [4.69, 9.17) is 4.74 Å². The summed E-state index contributed by atoms with van der Waals surface area (Å²) in [4.78, 5) is 0. The van der Waals surface area contributed by atoms with Gasteiger partial charge < -0.3 is 10.1 Å². The van der Waals surface area contributed by atoms with Crippen molar-refractivity contribution in [1.82, 2.24) is 5.32 Å². The SMILES string of the molecule is CNC(C)c1cccc(NS(=O)(=O)CCCOC)c1. The summed E-state index contributed by atoms with van der Waals surface area (Å²) in [5, 5.41) is 3.12. The second kappa shape index (κ2) is 7.47. The quantitative estimate of drug-likeness (QED) is 0.714. The molecule has 0 heterocycles. The number of nitrogens with one attached hydrogen (secondary N) is 2. The maximum absolute atomic E-state index is 11.8. The van der Waals surface area contributed by atoms with Crippen molar-refractivity contribution < 1.29 is 13.2 Å². The molecule has 0 saturated heterocycles. The normalized spacial score (nSPS) is 13.2. The van der Waals surface area contributed by atoms with Crippen LogP contribution in [0.15, 0.2) is 24.3 Å². The molecular weight excluding hydrogens is 264 g/mol. The van der Waals surface area contributed by atoms with Gasteiger partial charge in [0, 0.05) is 25.4 Å². The Morgan fingerprint density at radius 3 is 2.74 bits per heavy atom. The van der Waals surface area contributed by atoms with Crippen LogP contribution in [0.2, 0.25) is 0 Å². The molecule has 0 radical (unpaired) electrons. The molecule has 108 valence electrons. The molecule has 0 spiro atoms. The summed E-state index contributed by atoms with van der Waals surface area (Å²) in [6, 6.07) is 7.58. The molecule has 0 aliphatic heterocycles. The first kappa shape index (κ1) is 15.9. The molecule has 0 aliphatic carbocycles. The van der Waals surface area contributed by atoms with Crippen molar-refractivity contribution in [2.75, 3.05) is 31.2 Å². The van der Waals surface area contributed by atoms with Crippen molar-refractivity contribution in [3.05, 3.63) is 29.8 Å². The number of sulfonamides is 1. The van der Waals surface area contributed by atoms with Crippen LogP contribution in [-0.2, 0) is 14.8 Å². The molecule has 1 aromatic rings. The summed E-state index contributed by atoms with van der Waals surface area (Å²) in [5.74, 6) is 0.0622. The lowest BCUT2D eigenvalue weighted by Gasteiger charge is -2.13. The van der Waals surface area contributed by atoms with E-state index >= 15 is 0 Å². The van der Waals surface area contributed by atoms with E-state index in [0.29, 0.717) is 18.7 Å². The minimum Gasteiger partial charge on any atom is -0.385 e. The van der Waals surface area contributed by atoms with E-state index in [1.54, 1.807) is 13.2 Å². The number of rotatable bonds is 8. The maximum Gasteiger partial charge on any atom is 0.232 e. The van der Waals surface area contributed by atoms with Crippen LogP contribution in [-0.4, -0.2) is 34.9 Å². The molecule has 1 rings (SSSR count). The van der Waals surface area contributed by atoms with Gasteiger partial charge in [-0.25, -0.2) is 8.42 Å². The van der Waals surface area contributed by atoms with Gasteiger partial charge in [-0.3, -0.25) is 4.72 Å². The van der Waals surface area contributed by atoms with Gasteiger partial charge in [0.15, 0.2) is 0 Å². The molecule has 0 fully saturated rings. The average molecular weight is 286 g/mol. The van der Waals surface area contributed by atoms with Gasteiger partial charge in [-0.2, -0.15) is 0 Å². The molecule has 1 aromatic carbocycles. The maximum atomic E-state index is 11.8. The number of hydrogen-bond donors (Lipinski definition) is 2. The predicted octanol–water partition coefficient (Wildman–Crippen LogP) is 1.75. The molecule has 1 unspecified atom stereocenters. The molecule has 0 saturated carbocycles. The van der Waals surface area contributed by atoms with Crippen LogP contribution >= 0.6 is 0 Å². The van der Waals surface area contributed by atoms with E-state index in [0.717, 1.165) is 5.56 Å². The number of methoxy groups -OCH3 is 1. The molecule has 0 aromatic heterocycles. The molecule has 5 nitrogen and oxygen atoms in total. The lowest BCUT2D eigenvalue weighted by molar-refractivity contribution is 0.199. The van der Waals surface area contributed by atoms with Gasteiger partial charge in [-0.15, -0.1) is 0 Å². The lowest BCUT2D eigenvalue weighted by atomic mass is 10.1. The third kappa shape index (κ3) is 5.59. The zero-order valence-electron chi connectivity index (χ0n) is 11.6. The van der Waals surface area contributed by atoms with E-state index in [-0.39, 0.29) is 11.8 Å². The van der Waals surface area contributed by atoms with Crippen molar-refractivity contribution >= 4 is 15.7 Å². The number of hydrogen-bond acceptors (Lipinski definition) is 4. The van der Waals surface area contributed by atoms with Crippen molar-refractivity contribution in [2.45, 2.75) is 19.4 Å². The van der Waals surface area contributed by atoms with Crippen LogP contribution in [0.4, 0.5) is 5.69 Å². The zero-order chi connectivity index (χ0) is 14.3. The fraction of sp³-hybridized carbons (Fsp3) is 0.538. The summed E-state index contributed by atoms with van der Waals surface area (Å²) >= 11 is 0. The van der Waals surface area contributed by atoms with E-state index in [9.17, 15) is 8.42 Å². The van der Waals surface area contributed by atoms with Crippen LogP contribution in [0.25, 0.3) is 0 Å². The third-order valence-electron chi connectivity index (χ3n) is 2.85. The fourth-order valence-electron chi connectivity index (χ4n) is 1.66. The Labute approximate surface area is 115 Å². The van der Waals surface area contributed by atoms with Crippen LogP contribution < -0.4 is 10.0 Å². The Morgan fingerprint density at radius 1 is 1.37 bits per heavy atom. The van der Waals surface area contributed by atoms with Crippen LogP contribution in [0, 0.1) is 0 Å². The zero-order valence-corrected chi connectivity index (χ0v) is 12.5. The van der Waals surface area contributed by atoms with E-state index in [1.165, 1.54) is 0 Å². The Bertz CT molecular complexity index is 488. The number of benzene rings is 1. The van der Waals surface area contributed by atoms with Gasteiger partial charge in [0.2, 0.25) is 10.0 Å². The standard InChI is InChI=1S/C13H22N2O3S/c1-11(14-2)12-6-4-7-13(10-12)15-19(16,17)9-5-8-18-3/h4,6-7,10-11,14-15H,5,8-9H2,1-3H3. The summed E-state index contributed by atoms with van der Waals surface area (Å²) in [6.07, 6.45) is 0.485. The van der Waals surface area contributed by atoms with Crippen molar-refractivity contribution in [3.63, 3.8) is 0 Å². The summed E-state index contributed by atoms with van der Waals surface area (Å²) in [7, 11) is 0.119. The molecule has 6 heteroatoms. The highest BCUT2D eigenvalue weighted by Crippen LogP contribution is 2.18. The first-order chi connectivity index (χ1) is 8.98. The van der Waals surface area contributed by atoms with Crippen molar-refractivity contribution in [2.24, 2.45) is 0 Å². The average Bonchev–Trinajstić information content (AvgIpc) is 2.37. The first-order valence-electron chi connectivity index (χ1n) is 6.25. The highest BCUT2D eigenvalue weighted by Gasteiger charge is 2.11. The monoisotopic (exact) mass is 286 g/mol. The molecule has 0 aliphatic rings. The van der Waals surface area contributed by atoms with Gasteiger partial charge in [-0.05, 0) is 38.1 Å². The van der Waals surface area contributed by atoms with Gasteiger partial charge in [-0.1, -0.05) is 12.1 Å². The van der Waals surface area contributed by atoms with E-state index in [2.05, 4.69) is 10.0 Å². The Kier molecular flexibility index (Phi) is 6.27. The van der Waals surface area contributed by atoms with Crippen LogP contribution in [0.1, 0.15) is 24.9 Å². The molecule has 1 atom stereocenters. The van der Waals surface area contributed by atoms with E-state index in [1.807, 2.05) is 32.2 Å². The summed E-state index contributed by atoms with van der Waals surface area (Å²) in [6.45, 7) is 2.46. The van der Waals surface area contributed by atoms with Gasteiger partial charge >= 0.3 is 0 Å².